The van der Waals surface area contributed by atoms with Gasteiger partial charge in [0.2, 0.25) is 5.82 Å². The number of hydrogen-bond acceptors (Lipinski definition) is 3. The number of nitrogens with zero attached hydrogens (tertiary/aromatic N) is 2. The second-order valence-corrected chi connectivity index (χ2v) is 3.41. The largest absolute Gasteiger partial charge is 0.475 e. The van der Waals surface area contributed by atoms with Gasteiger partial charge in [0.1, 0.15) is 0 Å². The molecule has 0 unspecified atom stereocenters. The molecule has 76 valence electrons. The fourth-order valence-corrected chi connectivity index (χ4v) is 1.54. The van der Waals surface area contributed by atoms with Crippen LogP contribution in [0.15, 0.2) is 18.2 Å². The molecule has 1 aromatic carbocycles. The summed E-state index contributed by atoms with van der Waals surface area (Å²) in [6.07, 6.45) is 0. The van der Waals surface area contributed by atoms with Crippen LogP contribution in [0.3, 0.4) is 0 Å². The first-order valence-corrected chi connectivity index (χ1v) is 4.57. The molecule has 1 aromatic heterocycles. The Morgan fingerprint density at radius 1 is 1.27 bits per heavy atom. The second kappa shape index (κ2) is 3.31. The molecule has 2 rings (SSSR count). The highest BCUT2D eigenvalue weighted by atomic mass is 16.4. The summed E-state index contributed by atoms with van der Waals surface area (Å²) < 4.78 is 0. The van der Waals surface area contributed by atoms with E-state index in [-0.39, 0.29) is 5.82 Å². The summed E-state index contributed by atoms with van der Waals surface area (Å²) in [6, 6.07) is 5.71. The first-order valence-electron chi connectivity index (χ1n) is 4.57. The standard InChI is InChI=1S/C11H10N2O2/c1-6-4-3-5-8-7(2)12-10(11(14)15)13-9(6)8/h3-5H,1-2H3,(H,14,15). The van der Waals surface area contributed by atoms with Gasteiger partial charge in [-0.2, -0.15) is 0 Å². The number of aromatic carboxylic acids is 1. The Balaban J connectivity index is 2.85. The van der Waals surface area contributed by atoms with E-state index in [0.29, 0.717) is 11.2 Å². The van der Waals surface area contributed by atoms with Crippen molar-refractivity contribution >= 4 is 16.9 Å². The quantitative estimate of drug-likeness (QED) is 0.767. The summed E-state index contributed by atoms with van der Waals surface area (Å²) in [5.41, 5.74) is 2.36. The molecule has 1 N–H and O–H groups in total. The third kappa shape index (κ3) is 1.54. The molecule has 0 saturated carbocycles. The van der Waals surface area contributed by atoms with Crippen LogP contribution in [0.5, 0.6) is 0 Å². The highest BCUT2D eigenvalue weighted by Crippen LogP contribution is 2.18. The van der Waals surface area contributed by atoms with Gasteiger partial charge in [-0.3, -0.25) is 0 Å². The van der Waals surface area contributed by atoms with Crippen molar-refractivity contribution < 1.29 is 9.90 Å². The Kier molecular flexibility index (Phi) is 2.11. The third-order valence-electron chi connectivity index (χ3n) is 2.31. The molecular formula is C11H10N2O2. The Morgan fingerprint density at radius 3 is 2.67 bits per heavy atom. The average molecular weight is 202 g/mol. The predicted molar refractivity (Wildman–Crippen MR) is 56.0 cm³/mol. The Bertz CT molecular complexity index is 550. The number of carboxylic acid groups (broad SMARTS) is 1. The molecule has 0 fully saturated rings. The van der Waals surface area contributed by atoms with Crippen LogP contribution in [0.4, 0.5) is 0 Å². The molecule has 0 bridgehead atoms. The van der Waals surface area contributed by atoms with E-state index in [1.165, 1.54) is 0 Å². The van der Waals surface area contributed by atoms with Crippen LogP contribution >= 0.6 is 0 Å². The average Bonchev–Trinajstić information content (AvgIpc) is 2.19. The van der Waals surface area contributed by atoms with E-state index >= 15 is 0 Å². The molecule has 0 radical (unpaired) electrons. The van der Waals surface area contributed by atoms with Gasteiger partial charge in [-0.1, -0.05) is 18.2 Å². The van der Waals surface area contributed by atoms with Crippen LogP contribution < -0.4 is 0 Å². The molecule has 0 amide bonds. The molecule has 0 aliphatic rings. The van der Waals surface area contributed by atoms with E-state index in [0.717, 1.165) is 10.9 Å². The van der Waals surface area contributed by atoms with Gasteiger partial charge in [0.15, 0.2) is 0 Å². The van der Waals surface area contributed by atoms with Crippen LogP contribution in [-0.4, -0.2) is 21.0 Å². The summed E-state index contributed by atoms with van der Waals surface area (Å²) >= 11 is 0. The molecule has 0 saturated heterocycles. The molecule has 0 aliphatic heterocycles. The molecule has 0 atom stereocenters. The lowest BCUT2D eigenvalue weighted by Crippen LogP contribution is -2.06. The van der Waals surface area contributed by atoms with Gasteiger partial charge in [0.25, 0.3) is 0 Å². The van der Waals surface area contributed by atoms with Gasteiger partial charge in [-0.15, -0.1) is 0 Å². The van der Waals surface area contributed by atoms with E-state index < -0.39 is 5.97 Å². The summed E-state index contributed by atoms with van der Waals surface area (Å²) in [7, 11) is 0. The lowest BCUT2D eigenvalue weighted by molar-refractivity contribution is 0.0683. The lowest BCUT2D eigenvalue weighted by Gasteiger charge is -2.04. The monoisotopic (exact) mass is 202 g/mol. The van der Waals surface area contributed by atoms with Gasteiger partial charge >= 0.3 is 5.97 Å². The summed E-state index contributed by atoms with van der Waals surface area (Å²) in [5.74, 6) is -1.24. The number of aromatic nitrogens is 2. The van der Waals surface area contributed by atoms with Crippen molar-refractivity contribution in [3.63, 3.8) is 0 Å². The lowest BCUT2D eigenvalue weighted by atomic mass is 10.1. The maximum absolute atomic E-state index is 10.8. The fourth-order valence-electron chi connectivity index (χ4n) is 1.54. The number of aryl methyl sites for hydroxylation is 2. The summed E-state index contributed by atoms with van der Waals surface area (Å²) in [5, 5.41) is 9.74. The van der Waals surface area contributed by atoms with Gasteiger partial charge in [0, 0.05) is 11.1 Å². The van der Waals surface area contributed by atoms with E-state index in [4.69, 9.17) is 5.11 Å². The zero-order chi connectivity index (χ0) is 11.0. The van der Waals surface area contributed by atoms with Crippen LogP contribution in [0.1, 0.15) is 21.9 Å². The van der Waals surface area contributed by atoms with Crippen LogP contribution in [-0.2, 0) is 0 Å². The number of carboxylic acids is 1. The number of para-hydroxylation sites is 1. The Labute approximate surface area is 86.6 Å². The van der Waals surface area contributed by atoms with E-state index in [1.807, 2.05) is 25.1 Å². The minimum absolute atomic E-state index is 0.144. The molecule has 2 aromatic rings. The van der Waals surface area contributed by atoms with Crippen molar-refractivity contribution in [1.82, 2.24) is 9.97 Å². The van der Waals surface area contributed by atoms with Gasteiger partial charge in [-0.25, -0.2) is 14.8 Å². The summed E-state index contributed by atoms with van der Waals surface area (Å²) in [4.78, 5) is 18.7. The first kappa shape index (κ1) is 9.58. The number of carbonyl (C=O) groups is 1. The highest BCUT2D eigenvalue weighted by Gasteiger charge is 2.11. The van der Waals surface area contributed by atoms with Crippen molar-refractivity contribution in [2.75, 3.05) is 0 Å². The maximum Gasteiger partial charge on any atom is 0.373 e. The molecule has 0 aliphatic carbocycles. The molecule has 4 heteroatoms. The number of benzene rings is 1. The van der Waals surface area contributed by atoms with Crippen molar-refractivity contribution in [3.8, 4) is 0 Å². The highest BCUT2D eigenvalue weighted by molar-refractivity contribution is 5.89. The van der Waals surface area contributed by atoms with Gasteiger partial charge < -0.3 is 5.11 Å². The predicted octanol–water partition coefficient (Wildman–Crippen LogP) is 1.94. The fraction of sp³-hybridized carbons (Fsp3) is 0.182. The first-order chi connectivity index (χ1) is 7.09. The Morgan fingerprint density at radius 2 is 2.00 bits per heavy atom. The van der Waals surface area contributed by atoms with E-state index in [1.54, 1.807) is 6.92 Å². The van der Waals surface area contributed by atoms with E-state index in [9.17, 15) is 4.79 Å². The van der Waals surface area contributed by atoms with Gasteiger partial charge in [0.05, 0.1) is 5.52 Å². The molecule has 4 nitrogen and oxygen atoms in total. The second-order valence-electron chi connectivity index (χ2n) is 3.41. The number of rotatable bonds is 1. The SMILES string of the molecule is Cc1nc(C(=O)O)nc2c(C)cccc12. The minimum Gasteiger partial charge on any atom is -0.475 e. The minimum atomic E-state index is -1.09. The molecular weight excluding hydrogens is 192 g/mol. The number of hydrogen-bond donors (Lipinski definition) is 1. The van der Waals surface area contributed by atoms with E-state index in [2.05, 4.69) is 9.97 Å². The van der Waals surface area contributed by atoms with Gasteiger partial charge in [-0.05, 0) is 19.4 Å². The third-order valence-corrected chi connectivity index (χ3v) is 2.31. The van der Waals surface area contributed by atoms with Crippen LogP contribution in [0, 0.1) is 13.8 Å². The smallest absolute Gasteiger partial charge is 0.373 e. The van der Waals surface area contributed by atoms with Crippen molar-refractivity contribution in [2.24, 2.45) is 0 Å². The molecule has 15 heavy (non-hydrogen) atoms. The normalized spacial score (nSPS) is 10.5. The zero-order valence-corrected chi connectivity index (χ0v) is 8.48. The van der Waals surface area contributed by atoms with Crippen LogP contribution in [0.2, 0.25) is 0 Å². The van der Waals surface area contributed by atoms with Crippen molar-refractivity contribution in [2.45, 2.75) is 13.8 Å². The maximum atomic E-state index is 10.8. The van der Waals surface area contributed by atoms with Crippen molar-refractivity contribution in [1.29, 1.82) is 0 Å². The van der Waals surface area contributed by atoms with Crippen LogP contribution in [0.25, 0.3) is 10.9 Å². The van der Waals surface area contributed by atoms with Crippen molar-refractivity contribution in [3.05, 3.63) is 35.3 Å². The summed E-state index contributed by atoms with van der Waals surface area (Å²) in [6.45, 7) is 3.69. The zero-order valence-electron chi connectivity index (χ0n) is 8.48. The number of fused-ring (bicyclic) bond motifs is 1. The molecule has 0 spiro atoms. The molecule has 1 heterocycles. The topological polar surface area (TPSA) is 63.1 Å². The Hall–Kier alpha value is -1.97.